The molecule has 168 valence electrons. The van der Waals surface area contributed by atoms with Crippen LogP contribution in [-0.4, -0.2) is 34.7 Å². The molecule has 2 heterocycles. The lowest BCUT2D eigenvalue weighted by Gasteiger charge is -2.08. The van der Waals surface area contributed by atoms with Crippen molar-refractivity contribution in [2.45, 2.75) is 13.5 Å². The number of aromatic nitrogens is 2. The van der Waals surface area contributed by atoms with Gasteiger partial charge in [-0.25, -0.2) is 0 Å². The first-order valence-corrected chi connectivity index (χ1v) is 11.5. The molecule has 0 saturated heterocycles. The van der Waals surface area contributed by atoms with Crippen LogP contribution < -0.4 is 15.4 Å². The van der Waals surface area contributed by atoms with Crippen LogP contribution in [0.3, 0.4) is 0 Å². The number of thiophene rings is 1. The van der Waals surface area contributed by atoms with Crippen LogP contribution >= 0.6 is 11.3 Å². The van der Waals surface area contributed by atoms with E-state index in [9.17, 15) is 9.59 Å². The largest absolute Gasteiger partial charge is 0.484 e. The van der Waals surface area contributed by atoms with Crippen LogP contribution in [0.4, 0.5) is 5.69 Å². The van der Waals surface area contributed by atoms with Gasteiger partial charge < -0.3 is 15.4 Å². The summed E-state index contributed by atoms with van der Waals surface area (Å²) in [5.41, 5.74) is 2.89. The summed E-state index contributed by atoms with van der Waals surface area (Å²) in [6.45, 7) is 2.93. The summed E-state index contributed by atoms with van der Waals surface area (Å²) in [7, 11) is 0. The number of ether oxygens (including phenoxy) is 1. The van der Waals surface area contributed by atoms with Crippen LogP contribution in [0.1, 0.15) is 22.8 Å². The number of amides is 2. The lowest BCUT2D eigenvalue weighted by Crippen LogP contribution is -2.28. The van der Waals surface area contributed by atoms with Crippen molar-refractivity contribution in [1.82, 2.24) is 15.1 Å². The molecule has 2 N–H and O–H groups in total. The van der Waals surface area contributed by atoms with E-state index in [-0.39, 0.29) is 18.4 Å². The summed E-state index contributed by atoms with van der Waals surface area (Å²) in [4.78, 5) is 25.6. The van der Waals surface area contributed by atoms with E-state index < -0.39 is 0 Å². The standard InChI is InChI=1S/C25H24N4O3S/c1-2-26-23(30)17-32-20-12-10-19(11-13-20)27-25(31)21-16-29(15-18-7-4-3-5-8-18)28-24(21)22-9-6-14-33-22/h3-14,16H,2,15,17H2,1H3,(H,26,30)(H,27,31). The summed E-state index contributed by atoms with van der Waals surface area (Å²) < 4.78 is 7.25. The maximum absolute atomic E-state index is 13.1. The summed E-state index contributed by atoms with van der Waals surface area (Å²) in [6, 6.07) is 20.8. The Morgan fingerprint density at radius 2 is 1.82 bits per heavy atom. The third-order valence-corrected chi connectivity index (χ3v) is 5.68. The van der Waals surface area contributed by atoms with E-state index >= 15 is 0 Å². The Bertz CT molecular complexity index is 1200. The molecule has 4 rings (SSSR count). The van der Waals surface area contributed by atoms with Gasteiger partial charge in [0.2, 0.25) is 0 Å². The topological polar surface area (TPSA) is 85.3 Å². The van der Waals surface area contributed by atoms with Crippen molar-refractivity contribution in [1.29, 1.82) is 0 Å². The first-order valence-electron chi connectivity index (χ1n) is 10.6. The van der Waals surface area contributed by atoms with Gasteiger partial charge in [-0.05, 0) is 48.2 Å². The van der Waals surface area contributed by atoms with Gasteiger partial charge in [0.25, 0.3) is 11.8 Å². The zero-order chi connectivity index (χ0) is 23.0. The van der Waals surface area contributed by atoms with Crippen LogP contribution in [0.25, 0.3) is 10.6 Å². The van der Waals surface area contributed by atoms with Crippen molar-refractivity contribution in [3.8, 4) is 16.3 Å². The highest BCUT2D eigenvalue weighted by Gasteiger charge is 2.19. The summed E-state index contributed by atoms with van der Waals surface area (Å²) in [5.74, 6) is 0.131. The van der Waals surface area contributed by atoms with Crippen molar-refractivity contribution in [3.05, 3.63) is 89.4 Å². The first kappa shape index (κ1) is 22.3. The third kappa shape index (κ3) is 5.87. The van der Waals surface area contributed by atoms with Gasteiger partial charge in [0.05, 0.1) is 17.0 Å². The second-order valence-corrected chi connectivity index (χ2v) is 8.22. The Kier molecular flexibility index (Phi) is 7.16. The number of anilines is 1. The van der Waals surface area contributed by atoms with Gasteiger partial charge in [-0.3, -0.25) is 14.3 Å². The Labute approximate surface area is 196 Å². The molecule has 0 bridgehead atoms. The molecule has 0 saturated carbocycles. The minimum atomic E-state index is -0.242. The quantitative estimate of drug-likeness (QED) is 0.387. The second-order valence-electron chi connectivity index (χ2n) is 7.27. The van der Waals surface area contributed by atoms with Crippen molar-refractivity contribution >= 4 is 28.8 Å². The molecule has 7 nitrogen and oxygen atoms in total. The number of rotatable bonds is 9. The maximum Gasteiger partial charge on any atom is 0.259 e. The highest BCUT2D eigenvalue weighted by molar-refractivity contribution is 7.13. The van der Waals surface area contributed by atoms with Crippen LogP contribution in [0.15, 0.2) is 78.3 Å². The predicted molar refractivity (Wildman–Crippen MR) is 130 cm³/mol. The average molecular weight is 461 g/mol. The van der Waals surface area contributed by atoms with Crippen LogP contribution in [0.5, 0.6) is 5.75 Å². The lowest BCUT2D eigenvalue weighted by atomic mass is 10.2. The number of carbonyl (C=O) groups excluding carboxylic acids is 2. The zero-order valence-electron chi connectivity index (χ0n) is 18.2. The van der Waals surface area contributed by atoms with Gasteiger partial charge in [-0.15, -0.1) is 11.3 Å². The van der Waals surface area contributed by atoms with E-state index in [1.54, 1.807) is 46.5 Å². The molecule has 0 radical (unpaired) electrons. The fraction of sp³-hybridized carbons (Fsp3) is 0.160. The molecule has 0 atom stereocenters. The molecular weight excluding hydrogens is 436 g/mol. The third-order valence-electron chi connectivity index (χ3n) is 4.80. The number of likely N-dealkylation sites (N-methyl/N-ethyl adjacent to an activating group) is 1. The molecule has 0 fully saturated rings. The Balaban J connectivity index is 1.48. The number of benzene rings is 2. The van der Waals surface area contributed by atoms with Gasteiger partial charge >= 0.3 is 0 Å². The zero-order valence-corrected chi connectivity index (χ0v) is 19.0. The van der Waals surface area contributed by atoms with Crippen LogP contribution in [-0.2, 0) is 11.3 Å². The van der Waals surface area contributed by atoms with Gasteiger partial charge in [0.1, 0.15) is 11.4 Å². The molecule has 33 heavy (non-hydrogen) atoms. The van der Waals surface area contributed by atoms with Gasteiger partial charge in [0.15, 0.2) is 6.61 Å². The van der Waals surface area contributed by atoms with Gasteiger partial charge in [0, 0.05) is 18.4 Å². The van der Waals surface area contributed by atoms with Crippen LogP contribution in [0.2, 0.25) is 0 Å². The normalized spacial score (nSPS) is 10.6. The number of nitrogens with zero attached hydrogens (tertiary/aromatic N) is 2. The van der Waals surface area contributed by atoms with Crippen molar-refractivity contribution < 1.29 is 14.3 Å². The van der Waals surface area contributed by atoms with E-state index in [4.69, 9.17) is 4.74 Å². The second kappa shape index (κ2) is 10.6. The molecule has 2 aromatic heterocycles. The van der Waals surface area contributed by atoms with E-state index in [0.29, 0.717) is 35.8 Å². The lowest BCUT2D eigenvalue weighted by molar-refractivity contribution is -0.122. The molecule has 2 amide bonds. The fourth-order valence-electron chi connectivity index (χ4n) is 3.26. The number of carbonyl (C=O) groups is 2. The molecule has 2 aromatic carbocycles. The molecule has 0 spiro atoms. The minimum absolute atomic E-state index is 0.0513. The fourth-order valence-corrected chi connectivity index (χ4v) is 3.99. The summed E-state index contributed by atoms with van der Waals surface area (Å²) in [6.07, 6.45) is 1.78. The Morgan fingerprint density at radius 3 is 2.52 bits per heavy atom. The predicted octanol–water partition coefficient (Wildman–Crippen LogP) is 4.43. The molecule has 0 unspecified atom stereocenters. The molecule has 0 aliphatic heterocycles. The minimum Gasteiger partial charge on any atom is -0.484 e. The smallest absolute Gasteiger partial charge is 0.259 e. The molecular formula is C25H24N4O3S. The van der Waals surface area contributed by atoms with E-state index in [2.05, 4.69) is 15.7 Å². The van der Waals surface area contributed by atoms with Gasteiger partial charge in [-0.2, -0.15) is 5.10 Å². The highest BCUT2D eigenvalue weighted by Crippen LogP contribution is 2.28. The van der Waals surface area contributed by atoms with Crippen molar-refractivity contribution in [2.24, 2.45) is 0 Å². The monoisotopic (exact) mass is 460 g/mol. The maximum atomic E-state index is 13.1. The van der Waals surface area contributed by atoms with Crippen LogP contribution in [0, 0.1) is 0 Å². The molecule has 0 aliphatic carbocycles. The Hall–Kier alpha value is -3.91. The molecule has 4 aromatic rings. The summed E-state index contributed by atoms with van der Waals surface area (Å²) in [5, 5.41) is 12.3. The Morgan fingerprint density at radius 1 is 1.03 bits per heavy atom. The number of nitrogens with one attached hydrogen (secondary N) is 2. The summed E-state index contributed by atoms with van der Waals surface area (Å²) >= 11 is 1.54. The highest BCUT2D eigenvalue weighted by atomic mass is 32.1. The molecule has 8 heteroatoms. The SMILES string of the molecule is CCNC(=O)COc1ccc(NC(=O)c2cn(Cc3ccccc3)nc2-c2cccs2)cc1. The number of hydrogen-bond donors (Lipinski definition) is 2. The number of hydrogen-bond acceptors (Lipinski definition) is 5. The molecule has 0 aliphatic rings. The van der Waals surface area contributed by atoms with E-state index in [0.717, 1.165) is 10.4 Å². The first-order chi connectivity index (χ1) is 16.1. The average Bonchev–Trinajstić information content (AvgIpc) is 3.50. The van der Waals surface area contributed by atoms with E-state index in [1.807, 2.05) is 54.8 Å². The van der Waals surface area contributed by atoms with E-state index in [1.165, 1.54) is 0 Å². The van der Waals surface area contributed by atoms with Gasteiger partial charge in [-0.1, -0.05) is 36.4 Å². The van der Waals surface area contributed by atoms with Crippen molar-refractivity contribution in [2.75, 3.05) is 18.5 Å². The van der Waals surface area contributed by atoms with Crippen molar-refractivity contribution in [3.63, 3.8) is 0 Å².